The lowest BCUT2D eigenvalue weighted by atomic mass is 10.1. The van der Waals surface area contributed by atoms with Crippen LogP contribution in [0.4, 0.5) is 18.9 Å². The van der Waals surface area contributed by atoms with Crippen molar-refractivity contribution in [3.8, 4) is 5.75 Å². The highest BCUT2D eigenvalue weighted by Gasteiger charge is 2.29. The zero-order valence-corrected chi connectivity index (χ0v) is 12.1. The van der Waals surface area contributed by atoms with Crippen molar-refractivity contribution in [1.29, 1.82) is 0 Å². The summed E-state index contributed by atoms with van der Waals surface area (Å²) >= 11 is 11.6. The number of rotatable bonds is 3. The Kier molecular flexibility index (Phi) is 4.54. The molecule has 0 radical (unpaired) electrons. The molecule has 0 heterocycles. The van der Waals surface area contributed by atoms with Gasteiger partial charge in [0.1, 0.15) is 12.4 Å². The van der Waals surface area contributed by atoms with Crippen LogP contribution in [0.15, 0.2) is 36.4 Å². The summed E-state index contributed by atoms with van der Waals surface area (Å²) in [5, 5.41) is 0.587. The van der Waals surface area contributed by atoms with Crippen LogP contribution in [0.25, 0.3) is 0 Å². The zero-order valence-electron chi connectivity index (χ0n) is 10.5. The van der Waals surface area contributed by atoms with Crippen LogP contribution in [0.3, 0.4) is 0 Å². The van der Waals surface area contributed by atoms with Gasteiger partial charge >= 0.3 is 6.18 Å². The second kappa shape index (κ2) is 6.03. The number of hydrogen-bond acceptors (Lipinski definition) is 2. The van der Waals surface area contributed by atoms with E-state index < -0.39 is 11.7 Å². The second-order valence-corrected chi connectivity index (χ2v) is 5.10. The van der Waals surface area contributed by atoms with E-state index in [1.54, 1.807) is 0 Å². The zero-order chi connectivity index (χ0) is 15.6. The summed E-state index contributed by atoms with van der Waals surface area (Å²) in [5.41, 5.74) is 5.89. The van der Waals surface area contributed by atoms with E-state index in [1.807, 2.05) is 0 Å². The number of alkyl halides is 3. The van der Waals surface area contributed by atoms with E-state index in [-0.39, 0.29) is 11.6 Å². The third-order valence-electron chi connectivity index (χ3n) is 2.73. The maximum absolute atomic E-state index is 12.4. The quantitative estimate of drug-likeness (QED) is 0.785. The number of anilines is 1. The molecule has 2 nitrogen and oxygen atoms in total. The van der Waals surface area contributed by atoms with E-state index in [9.17, 15) is 13.2 Å². The van der Waals surface area contributed by atoms with Gasteiger partial charge in [-0.1, -0.05) is 35.3 Å². The van der Waals surface area contributed by atoms with Crippen molar-refractivity contribution in [3.63, 3.8) is 0 Å². The fourth-order valence-corrected chi connectivity index (χ4v) is 1.95. The molecule has 0 aliphatic rings. The summed E-state index contributed by atoms with van der Waals surface area (Å²) < 4.78 is 42.7. The van der Waals surface area contributed by atoms with Crippen LogP contribution in [0.2, 0.25) is 10.0 Å². The molecule has 112 valence electrons. The Hall–Kier alpha value is -1.59. The standard InChI is InChI=1S/C14H10Cl2F3NO/c15-10-5-12(20)13(6-11(10)16)21-7-8-1-3-9(4-2-8)14(17,18)19/h1-6H,7,20H2. The first kappa shape index (κ1) is 15.8. The van der Waals surface area contributed by atoms with Gasteiger partial charge < -0.3 is 10.5 Å². The molecule has 2 aromatic rings. The van der Waals surface area contributed by atoms with Crippen molar-refractivity contribution in [1.82, 2.24) is 0 Å². The van der Waals surface area contributed by atoms with Crippen LogP contribution in [-0.4, -0.2) is 0 Å². The van der Waals surface area contributed by atoms with Crippen molar-refractivity contribution >= 4 is 28.9 Å². The molecule has 0 fully saturated rings. The SMILES string of the molecule is Nc1cc(Cl)c(Cl)cc1OCc1ccc(C(F)(F)F)cc1. The van der Waals surface area contributed by atoms with Gasteiger partial charge in [0.2, 0.25) is 0 Å². The molecule has 0 atom stereocenters. The van der Waals surface area contributed by atoms with E-state index in [2.05, 4.69) is 0 Å². The van der Waals surface area contributed by atoms with Crippen LogP contribution in [0.1, 0.15) is 11.1 Å². The maximum atomic E-state index is 12.4. The molecular formula is C14H10Cl2F3NO. The fourth-order valence-electron chi connectivity index (χ4n) is 1.62. The highest BCUT2D eigenvalue weighted by molar-refractivity contribution is 6.42. The van der Waals surface area contributed by atoms with Crippen molar-refractivity contribution in [2.24, 2.45) is 0 Å². The molecule has 0 unspecified atom stereocenters. The van der Waals surface area contributed by atoms with Gasteiger partial charge in [0.25, 0.3) is 0 Å². The number of nitrogens with two attached hydrogens (primary N) is 1. The molecule has 7 heteroatoms. The molecule has 0 bridgehead atoms. The highest BCUT2D eigenvalue weighted by Crippen LogP contribution is 2.33. The Bertz CT molecular complexity index is 642. The molecule has 2 rings (SSSR count). The van der Waals surface area contributed by atoms with Crippen LogP contribution >= 0.6 is 23.2 Å². The van der Waals surface area contributed by atoms with Crippen molar-refractivity contribution in [2.75, 3.05) is 5.73 Å². The van der Waals surface area contributed by atoms with E-state index >= 15 is 0 Å². The van der Waals surface area contributed by atoms with Crippen LogP contribution in [0, 0.1) is 0 Å². The third-order valence-corrected chi connectivity index (χ3v) is 3.45. The summed E-state index contributed by atoms with van der Waals surface area (Å²) in [4.78, 5) is 0. The molecule has 2 aromatic carbocycles. The summed E-state index contributed by atoms with van der Waals surface area (Å²) in [7, 11) is 0. The predicted octanol–water partition coefficient (Wildman–Crippen LogP) is 5.17. The van der Waals surface area contributed by atoms with Crippen molar-refractivity contribution in [3.05, 3.63) is 57.6 Å². The lowest BCUT2D eigenvalue weighted by Gasteiger charge is -2.11. The minimum atomic E-state index is -4.35. The number of hydrogen-bond donors (Lipinski definition) is 1. The fraction of sp³-hybridized carbons (Fsp3) is 0.143. The van der Waals surface area contributed by atoms with Gasteiger partial charge in [-0.3, -0.25) is 0 Å². The molecule has 21 heavy (non-hydrogen) atoms. The van der Waals surface area contributed by atoms with Gasteiger partial charge in [0.15, 0.2) is 0 Å². The first-order chi connectivity index (χ1) is 9.77. The van der Waals surface area contributed by atoms with Gasteiger partial charge in [0.05, 0.1) is 21.3 Å². The molecular weight excluding hydrogens is 326 g/mol. The molecule has 0 aromatic heterocycles. The van der Waals surface area contributed by atoms with Gasteiger partial charge in [0, 0.05) is 6.07 Å². The van der Waals surface area contributed by atoms with E-state index in [0.717, 1.165) is 12.1 Å². The molecule has 0 saturated carbocycles. The third kappa shape index (κ3) is 3.95. The normalized spacial score (nSPS) is 11.5. The van der Waals surface area contributed by atoms with Gasteiger partial charge in [-0.25, -0.2) is 0 Å². The Labute approximate surface area is 129 Å². The van der Waals surface area contributed by atoms with E-state index in [0.29, 0.717) is 22.0 Å². The lowest BCUT2D eigenvalue weighted by molar-refractivity contribution is -0.137. The largest absolute Gasteiger partial charge is 0.487 e. The minimum Gasteiger partial charge on any atom is -0.487 e. The molecule has 2 N–H and O–H groups in total. The Balaban J connectivity index is 2.08. The molecule has 0 saturated heterocycles. The summed E-state index contributed by atoms with van der Waals surface area (Å²) in [5.74, 6) is 0.323. The minimum absolute atomic E-state index is 0.0697. The Morgan fingerprint density at radius 3 is 2.14 bits per heavy atom. The van der Waals surface area contributed by atoms with Crippen LogP contribution in [0.5, 0.6) is 5.75 Å². The summed E-state index contributed by atoms with van der Waals surface area (Å²) in [6.07, 6.45) is -4.35. The highest BCUT2D eigenvalue weighted by atomic mass is 35.5. The molecule has 0 amide bonds. The average molecular weight is 336 g/mol. The van der Waals surface area contributed by atoms with Gasteiger partial charge in [-0.05, 0) is 23.8 Å². The van der Waals surface area contributed by atoms with Crippen molar-refractivity contribution < 1.29 is 17.9 Å². The topological polar surface area (TPSA) is 35.2 Å². The first-order valence-corrected chi connectivity index (χ1v) is 6.56. The van der Waals surface area contributed by atoms with Crippen LogP contribution < -0.4 is 10.5 Å². The molecule has 0 spiro atoms. The Morgan fingerprint density at radius 2 is 1.57 bits per heavy atom. The van der Waals surface area contributed by atoms with E-state index in [1.165, 1.54) is 24.3 Å². The first-order valence-electron chi connectivity index (χ1n) is 5.81. The second-order valence-electron chi connectivity index (χ2n) is 4.29. The van der Waals surface area contributed by atoms with Gasteiger partial charge in [-0.15, -0.1) is 0 Å². The number of ether oxygens (including phenoxy) is 1. The maximum Gasteiger partial charge on any atom is 0.416 e. The summed E-state index contributed by atoms with van der Waals surface area (Å²) in [6, 6.07) is 7.59. The molecule has 0 aliphatic carbocycles. The number of benzene rings is 2. The smallest absolute Gasteiger partial charge is 0.416 e. The number of nitrogen functional groups attached to an aromatic ring is 1. The van der Waals surface area contributed by atoms with E-state index in [4.69, 9.17) is 33.7 Å². The average Bonchev–Trinajstić information content (AvgIpc) is 2.41. The Morgan fingerprint density at radius 1 is 1.00 bits per heavy atom. The number of halogens is 5. The molecule has 0 aliphatic heterocycles. The lowest BCUT2D eigenvalue weighted by Crippen LogP contribution is -2.05. The van der Waals surface area contributed by atoms with Crippen LogP contribution in [-0.2, 0) is 12.8 Å². The van der Waals surface area contributed by atoms with Gasteiger partial charge in [-0.2, -0.15) is 13.2 Å². The summed E-state index contributed by atoms with van der Waals surface area (Å²) in [6.45, 7) is 0.0697. The predicted molar refractivity (Wildman–Crippen MR) is 76.7 cm³/mol. The van der Waals surface area contributed by atoms with Crippen molar-refractivity contribution in [2.45, 2.75) is 12.8 Å². The monoisotopic (exact) mass is 335 g/mol.